The summed E-state index contributed by atoms with van der Waals surface area (Å²) in [5.41, 5.74) is 0.862. The molecule has 0 aliphatic heterocycles. The molecule has 0 saturated heterocycles. The van der Waals surface area contributed by atoms with E-state index in [1.54, 1.807) is 54.6 Å². The van der Waals surface area contributed by atoms with Crippen LogP contribution in [0.4, 0.5) is 11.4 Å². The first-order valence-corrected chi connectivity index (χ1v) is 8.64. The molecule has 0 aliphatic rings. The zero-order valence-corrected chi connectivity index (χ0v) is 15.7. The monoisotopic (exact) mass is 400 g/mol. The van der Waals surface area contributed by atoms with Gasteiger partial charge in [0.05, 0.1) is 19.1 Å². The Kier molecular flexibility index (Phi) is 6.18. The molecule has 0 radical (unpaired) electrons. The van der Waals surface area contributed by atoms with Crippen molar-refractivity contribution < 1.29 is 23.5 Å². The first-order valence-electron chi connectivity index (χ1n) is 8.26. The van der Waals surface area contributed by atoms with Gasteiger partial charge in [0.1, 0.15) is 11.5 Å². The van der Waals surface area contributed by atoms with Crippen LogP contribution < -0.4 is 20.1 Å². The minimum atomic E-state index is -0.404. The van der Waals surface area contributed by atoms with E-state index < -0.39 is 5.91 Å². The second-order valence-electron chi connectivity index (χ2n) is 5.64. The topological polar surface area (TPSA) is 89.8 Å². The van der Waals surface area contributed by atoms with Gasteiger partial charge in [-0.05, 0) is 54.6 Å². The molecule has 0 bridgehead atoms. The SMILES string of the molecule is COc1ccc(NC(=O)c2ccco2)cc1NC(=O)COc1ccc(Cl)cc1. The van der Waals surface area contributed by atoms with E-state index >= 15 is 0 Å². The van der Waals surface area contributed by atoms with Gasteiger partial charge in [-0.1, -0.05) is 11.6 Å². The van der Waals surface area contributed by atoms with Crippen molar-refractivity contribution in [2.24, 2.45) is 0 Å². The molecule has 0 spiro atoms. The van der Waals surface area contributed by atoms with Crippen molar-refractivity contribution >= 4 is 34.8 Å². The summed E-state index contributed by atoms with van der Waals surface area (Å²) in [7, 11) is 1.48. The fraction of sp³-hybridized carbons (Fsp3) is 0.100. The Morgan fingerprint density at radius 1 is 1.07 bits per heavy atom. The average Bonchev–Trinajstić information content (AvgIpc) is 3.23. The number of rotatable bonds is 7. The lowest BCUT2D eigenvalue weighted by atomic mass is 10.2. The van der Waals surface area contributed by atoms with Crippen molar-refractivity contribution in [2.45, 2.75) is 0 Å². The van der Waals surface area contributed by atoms with Crippen LogP contribution in [-0.4, -0.2) is 25.5 Å². The largest absolute Gasteiger partial charge is 0.495 e. The Bertz CT molecular complexity index is 955. The van der Waals surface area contributed by atoms with Crippen LogP contribution in [0.5, 0.6) is 11.5 Å². The van der Waals surface area contributed by atoms with Crippen LogP contribution in [0, 0.1) is 0 Å². The standard InChI is InChI=1S/C20H17ClN2O5/c1-26-17-9-6-14(22-20(25)18-3-2-10-27-18)11-16(17)23-19(24)12-28-15-7-4-13(21)5-8-15/h2-11H,12H2,1H3,(H,22,25)(H,23,24). The van der Waals surface area contributed by atoms with Gasteiger partial charge >= 0.3 is 0 Å². The summed E-state index contributed by atoms with van der Waals surface area (Å²) < 4.78 is 15.7. The van der Waals surface area contributed by atoms with Crippen molar-refractivity contribution in [1.29, 1.82) is 0 Å². The fourth-order valence-electron chi connectivity index (χ4n) is 2.35. The van der Waals surface area contributed by atoms with E-state index in [-0.39, 0.29) is 18.3 Å². The second kappa shape index (κ2) is 8.96. The lowest BCUT2D eigenvalue weighted by molar-refractivity contribution is -0.118. The number of carbonyl (C=O) groups is 2. The third-order valence-electron chi connectivity index (χ3n) is 3.66. The number of anilines is 2. The highest BCUT2D eigenvalue weighted by molar-refractivity contribution is 6.30. The summed E-state index contributed by atoms with van der Waals surface area (Å²) >= 11 is 5.81. The van der Waals surface area contributed by atoms with Crippen molar-refractivity contribution in [3.63, 3.8) is 0 Å². The number of hydrogen-bond donors (Lipinski definition) is 2. The van der Waals surface area contributed by atoms with Crippen LogP contribution in [0.3, 0.4) is 0 Å². The first kappa shape index (κ1) is 19.3. The van der Waals surface area contributed by atoms with Gasteiger partial charge in [0.25, 0.3) is 11.8 Å². The minimum Gasteiger partial charge on any atom is -0.495 e. The van der Waals surface area contributed by atoms with Gasteiger partial charge in [-0.25, -0.2) is 0 Å². The number of hydrogen-bond acceptors (Lipinski definition) is 5. The maximum atomic E-state index is 12.2. The van der Waals surface area contributed by atoms with Gasteiger partial charge in [0.15, 0.2) is 12.4 Å². The van der Waals surface area contributed by atoms with E-state index in [0.29, 0.717) is 27.9 Å². The molecule has 1 aromatic heterocycles. The Labute approximate surface area is 166 Å². The van der Waals surface area contributed by atoms with E-state index in [1.165, 1.54) is 13.4 Å². The molecule has 1 heterocycles. The molecule has 3 aromatic rings. The number of carbonyl (C=O) groups excluding carboxylic acids is 2. The summed E-state index contributed by atoms with van der Waals surface area (Å²) in [5, 5.41) is 5.97. The molecule has 0 aliphatic carbocycles. The predicted octanol–water partition coefficient (Wildman–Crippen LogP) is 4.21. The Morgan fingerprint density at radius 3 is 2.54 bits per heavy atom. The summed E-state index contributed by atoms with van der Waals surface area (Å²) in [6.07, 6.45) is 1.41. The molecular formula is C20H17ClN2O5. The number of amides is 2. The van der Waals surface area contributed by atoms with Crippen LogP contribution >= 0.6 is 11.6 Å². The summed E-state index contributed by atoms with van der Waals surface area (Å²) in [6, 6.07) is 14.7. The van der Waals surface area contributed by atoms with E-state index in [1.807, 2.05) is 0 Å². The van der Waals surface area contributed by atoms with Gasteiger partial charge < -0.3 is 24.5 Å². The molecule has 8 heteroatoms. The summed E-state index contributed by atoms with van der Waals surface area (Å²) in [5.74, 6) is 0.348. The van der Waals surface area contributed by atoms with E-state index in [0.717, 1.165) is 0 Å². The molecule has 144 valence electrons. The van der Waals surface area contributed by atoms with Crippen molar-refractivity contribution in [3.05, 3.63) is 71.6 Å². The van der Waals surface area contributed by atoms with Gasteiger partial charge in [-0.15, -0.1) is 0 Å². The number of methoxy groups -OCH3 is 1. The average molecular weight is 401 g/mol. The molecule has 28 heavy (non-hydrogen) atoms. The molecule has 2 aromatic carbocycles. The third kappa shape index (κ3) is 5.05. The zero-order chi connectivity index (χ0) is 19.9. The van der Waals surface area contributed by atoms with Crippen molar-refractivity contribution in [1.82, 2.24) is 0 Å². The molecule has 2 N–H and O–H groups in total. The molecular weight excluding hydrogens is 384 g/mol. The normalized spacial score (nSPS) is 10.2. The van der Waals surface area contributed by atoms with E-state index in [2.05, 4.69) is 10.6 Å². The number of halogens is 1. The van der Waals surface area contributed by atoms with Crippen LogP contribution in [0.1, 0.15) is 10.6 Å². The minimum absolute atomic E-state index is 0.178. The van der Waals surface area contributed by atoms with Crippen LogP contribution in [-0.2, 0) is 4.79 Å². The molecule has 0 fully saturated rings. The maximum Gasteiger partial charge on any atom is 0.291 e. The van der Waals surface area contributed by atoms with Crippen molar-refractivity contribution in [3.8, 4) is 11.5 Å². The number of nitrogens with one attached hydrogen (secondary N) is 2. The molecule has 2 amide bonds. The van der Waals surface area contributed by atoms with Gasteiger partial charge in [-0.3, -0.25) is 9.59 Å². The smallest absolute Gasteiger partial charge is 0.291 e. The molecule has 7 nitrogen and oxygen atoms in total. The Morgan fingerprint density at radius 2 is 1.86 bits per heavy atom. The number of furan rings is 1. The third-order valence-corrected chi connectivity index (χ3v) is 3.91. The predicted molar refractivity (Wildman–Crippen MR) is 105 cm³/mol. The maximum absolute atomic E-state index is 12.2. The van der Waals surface area contributed by atoms with Gasteiger partial charge in [-0.2, -0.15) is 0 Å². The molecule has 0 saturated carbocycles. The lowest BCUT2D eigenvalue weighted by Crippen LogP contribution is -2.20. The van der Waals surface area contributed by atoms with Gasteiger partial charge in [0.2, 0.25) is 0 Å². The van der Waals surface area contributed by atoms with Crippen LogP contribution in [0.15, 0.2) is 65.3 Å². The van der Waals surface area contributed by atoms with Crippen LogP contribution in [0.25, 0.3) is 0 Å². The summed E-state index contributed by atoms with van der Waals surface area (Å²) in [6.45, 7) is -0.201. The zero-order valence-electron chi connectivity index (χ0n) is 14.9. The van der Waals surface area contributed by atoms with Gasteiger partial charge in [0, 0.05) is 10.7 Å². The highest BCUT2D eigenvalue weighted by Crippen LogP contribution is 2.28. The first-order chi connectivity index (χ1) is 13.5. The second-order valence-corrected chi connectivity index (χ2v) is 6.07. The fourth-order valence-corrected chi connectivity index (χ4v) is 2.48. The lowest BCUT2D eigenvalue weighted by Gasteiger charge is -2.13. The van der Waals surface area contributed by atoms with E-state index in [4.69, 9.17) is 25.5 Å². The Hall–Kier alpha value is -3.45. The highest BCUT2D eigenvalue weighted by atomic mass is 35.5. The highest BCUT2D eigenvalue weighted by Gasteiger charge is 2.13. The molecule has 0 atom stereocenters. The molecule has 0 unspecified atom stereocenters. The molecule has 3 rings (SSSR count). The van der Waals surface area contributed by atoms with Crippen molar-refractivity contribution in [2.75, 3.05) is 24.4 Å². The summed E-state index contributed by atoms with van der Waals surface area (Å²) in [4.78, 5) is 24.3. The van der Waals surface area contributed by atoms with E-state index in [9.17, 15) is 9.59 Å². The quantitative estimate of drug-likeness (QED) is 0.620. The van der Waals surface area contributed by atoms with Crippen LogP contribution in [0.2, 0.25) is 5.02 Å². The number of benzene rings is 2. The number of ether oxygens (including phenoxy) is 2. The Balaban J connectivity index is 1.65.